The van der Waals surface area contributed by atoms with Gasteiger partial charge in [-0.1, -0.05) is 13.0 Å². The normalized spacial score (nSPS) is 12.2. The average molecular weight is 541 g/mol. The molecule has 1 aliphatic rings. The largest absolute Gasteiger partial charge is 4.00 e. The van der Waals surface area contributed by atoms with Gasteiger partial charge in [-0.15, -0.1) is 54.4 Å². The van der Waals surface area contributed by atoms with Gasteiger partial charge in [0.15, 0.2) is 0 Å². The van der Waals surface area contributed by atoms with E-state index in [1.807, 2.05) is 0 Å². The number of aromatic nitrogens is 1. The summed E-state index contributed by atoms with van der Waals surface area (Å²) in [4.78, 5) is 0. The third-order valence-electron chi connectivity index (χ3n) is 3.74. The van der Waals surface area contributed by atoms with Crippen molar-refractivity contribution in [3.05, 3.63) is 77.8 Å². The van der Waals surface area contributed by atoms with Gasteiger partial charge in [0.2, 0.25) is 0 Å². The molecule has 0 fully saturated rings. The smallest absolute Gasteiger partial charge is 1.00 e. The van der Waals surface area contributed by atoms with Gasteiger partial charge in [0.1, 0.15) is 0 Å². The monoisotopic (exact) mass is 541 g/mol. The van der Waals surface area contributed by atoms with Crippen molar-refractivity contribution in [3.8, 4) is 5.69 Å². The van der Waals surface area contributed by atoms with E-state index in [2.05, 4.69) is 84.8 Å². The molecule has 0 bridgehead atoms. The van der Waals surface area contributed by atoms with Crippen LogP contribution in [0.3, 0.4) is 0 Å². The maximum atomic E-state index is 3.19. The molecule has 5 heteroatoms. The van der Waals surface area contributed by atoms with Crippen molar-refractivity contribution < 1.29 is 50.7 Å². The van der Waals surface area contributed by atoms with Crippen molar-refractivity contribution >= 4 is 19.1 Å². The molecule has 0 amide bonds. The fourth-order valence-electron chi connectivity index (χ4n) is 2.34. The molecule has 4 rings (SSSR count). The Morgan fingerprint density at radius 3 is 2.38 bits per heavy atom. The topological polar surface area (TPSA) is 4.93 Å². The predicted octanol–water partition coefficient (Wildman–Crippen LogP) is 0.0209. The molecule has 2 aromatic carbocycles. The van der Waals surface area contributed by atoms with Crippen LogP contribution >= 0.6 is 8.35 Å². The fourth-order valence-corrected chi connectivity index (χ4v) is 3.04. The Morgan fingerprint density at radius 2 is 1.88 bits per heavy atom. The van der Waals surface area contributed by atoms with E-state index >= 15 is 0 Å². The summed E-state index contributed by atoms with van der Waals surface area (Å²) in [7, 11) is 1.23. The Morgan fingerprint density at radius 1 is 1.12 bits per heavy atom. The van der Waals surface area contributed by atoms with Crippen LogP contribution in [0.5, 0.6) is 0 Å². The van der Waals surface area contributed by atoms with Crippen LogP contribution in [0.2, 0.25) is 0 Å². The molecule has 0 radical (unpaired) electrons. The zero-order chi connectivity index (χ0) is 14.7. The maximum Gasteiger partial charge on any atom is 4.00 e. The summed E-state index contributed by atoms with van der Waals surface area (Å²) in [6, 6.07) is 15.0. The molecule has 1 aromatic heterocycles. The van der Waals surface area contributed by atoms with Crippen molar-refractivity contribution in [1.29, 1.82) is 0 Å². The van der Waals surface area contributed by atoms with Gasteiger partial charge in [-0.05, 0) is 17.6 Å². The second kappa shape index (κ2) is 11.2. The van der Waals surface area contributed by atoms with Crippen molar-refractivity contribution in [2.45, 2.75) is 20.3 Å². The van der Waals surface area contributed by atoms with Crippen molar-refractivity contribution in [1.82, 2.24) is 4.33 Å². The Bertz CT molecular complexity index is 755. The van der Waals surface area contributed by atoms with E-state index in [1.54, 1.807) is 0 Å². The van der Waals surface area contributed by atoms with Crippen LogP contribution in [-0.2, 0) is 25.8 Å². The molecule has 0 saturated carbocycles. The summed E-state index contributed by atoms with van der Waals surface area (Å²) in [6.07, 6.45) is 8.52. The van der Waals surface area contributed by atoms with E-state index in [1.165, 1.54) is 36.0 Å². The van der Waals surface area contributed by atoms with E-state index in [9.17, 15) is 0 Å². The number of allylic oxidation sites excluding steroid dienone is 4. The van der Waals surface area contributed by atoms with Crippen molar-refractivity contribution in [2.24, 2.45) is 0 Å². The van der Waals surface area contributed by atoms with E-state index in [4.69, 9.17) is 0 Å². The number of hydrogen-bond donors (Lipinski definition) is 0. The first kappa shape index (κ1) is 23.5. The molecule has 122 valence electrons. The minimum atomic E-state index is 0. The number of halogens is 2. The van der Waals surface area contributed by atoms with Crippen molar-refractivity contribution in [3.63, 3.8) is 0 Å². The van der Waals surface area contributed by atoms with E-state index in [-0.39, 0.29) is 50.7 Å². The quantitative estimate of drug-likeness (QED) is 0.303. The van der Waals surface area contributed by atoms with Crippen molar-refractivity contribution in [2.75, 3.05) is 0 Å². The Kier molecular flexibility index (Phi) is 10.9. The molecule has 1 nitrogen and oxygen atoms in total. The van der Waals surface area contributed by atoms with E-state index in [0.29, 0.717) is 0 Å². The van der Waals surface area contributed by atoms with Crippen LogP contribution in [0.1, 0.15) is 20.3 Å². The first-order valence-corrected chi connectivity index (χ1v) is 8.06. The van der Waals surface area contributed by atoms with Gasteiger partial charge in [0.05, 0.1) is 0 Å². The summed E-state index contributed by atoms with van der Waals surface area (Å²) in [6.45, 7) is 4.22. The molecule has 3 aromatic rings. The molecular formula is C19H18Cl2HfNP. The van der Waals surface area contributed by atoms with Crippen LogP contribution in [0.15, 0.2) is 71.7 Å². The Hall–Kier alpha value is -0.530. The molecule has 24 heavy (non-hydrogen) atoms. The summed E-state index contributed by atoms with van der Waals surface area (Å²) in [5.74, 6) is 2.14. The predicted molar refractivity (Wildman–Crippen MR) is 92.2 cm³/mol. The molecule has 0 aliphatic heterocycles. The van der Waals surface area contributed by atoms with Gasteiger partial charge >= 0.3 is 25.8 Å². The second-order valence-electron chi connectivity index (χ2n) is 5.19. The number of fused-ring (bicyclic) bond motifs is 1. The fraction of sp³-hybridized carbons (Fsp3) is 0.158. The first-order chi connectivity index (χ1) is 10.2. The number of hydrogen-bond acceptors (Lipinski definition) is 0. The average Bonchev–Trinajstić information content (AvgIpc) is 3.21. The van der Waals surface area contributed by atoms with Gasteiger partial charge < -0.3 is 29.1 Å². The number of nitrogens with zero attached hydrogens (tertiary/aromatic N) is 1. The Labute approximate surface area is 177 Å². The zero-order valence-corrected chi connectivity index (χ0v) is 19.6. The number of benzene rings is 1. The molecule has 0 atom stereocenters. The van der Waals surface area contributed by atoms with Crippen LogP contribution in [0.25, 0.3) is 16.5 Å². The van der Waals surface area contributed by atoms with Crippen LogP contribution < -0.4 is 24.8 Å². The summed E-state index contributed by atoms with van der Waals surface area (Å²) < 4.78 is 2.22. The first-order valence-electron chi connectivity index (χ1n) is 7.14. The van der Waals surface area contributed by atoms with Gasteiger partial charge in [0, 0.05) is 14.5 Å². The van der Waals surface area contributed by atoms with Crippen LogP contribution in [-0.4, -0.2) is 4.33 Å². The third kappa shape index (κ3) is 5.77. The van der Waals surface area contributed by atoms with Gasteiger partial charge in [-0.3, -0.25) is 6.08 Å². The number of rotatable bonds is 1. The summed E-state index contributed by atoms with van der Waals surface area (Å²) >= 11 is 0. The summed E-state index contributed by atoms with van der Waals surface area (Å²) in [5.41, 5.74) is 3.98. The molecule has 1 aliphatic carbocycles. The second-order valence-corrected chi connectivity index (χ2v) is 6.15. The standard InChI is InChI=1S/C12H9NP.C7H9.2ClH.Hf/c1-2-5-11-9-12(8-10(11)4-1)13-6-3-7-14-13;1-6-4-3-5-7(6)2;;;/h1-9H;4H,3H2,1-2H3;2*1H;/q2*-1;;;+4/p-2. The Balaban J connectivity index is 0.000000463. The maximum absolute atomic E-state index is 3.19. The minimum Gasteiger partial charge on any atom is -1.00 e. The van der Waals surface area contributed by atoms with Gasteiger partial charge in [-0.2, -0.15) is 6.08 Å². The molecule has 1 heterocycles. The van der Waals surface area contributed by atoms with E-state index < -0.39 is 0 Å². The summed E-state index contributed by atoms with van der Waals surface area (Å²) in [5, 5.41) is 2.64. The SMILES string of the molecule is CC1=[C-]CC=C1C.[Cl-].[Cl-].[Hf+4].c1ccc2[cH-]c(-n3cccp3)cc2c1. The molecule has 0 spiro atoms. The van der Waals surface area contributed by atoms with Crippen LogP contribution in [0, 0.1) is 6.08 Å². The van der Waals surface area contributed by atoms with Crippen LogP contribution in [0.4, 0.5) is 0 Å². The molecule has 0 saturated heterocycles. The molecular weight excluding hydrogens is 523 g/mol. The minimum absolute atomic E-state index is 0. The van der Waals surface area contributed by atoms with E-state index in [0.717, 1.165) is 6.42 Å². The third-order valence-corrected chi connectivity index (χ3v) is 4.66. The zero-order valence-electron chi connectivity index (χ0n) is 13.6. The van der Waals surface area contributed by atoms with Gasteiger partial charge in [0.25, 0.3) is 0 Å². The molecule has 0 unspecified atom stereocenters. The molecule has 0 N–H and O–H groups in total. The van der Waals surface area contributed by atoms with Gasteiger partial charge in [-0.25, -0.2) is 11.1 Å².